The van der Waals surface area contributed by atoms with Crippen molar-refractivity contribution in [2.45, 2.75) is 24.9 Å². The van der Waals surface area contributed by atoms with Crippen LogP contribution in [0.2, 0.25) is 0 Å². The number of aromatic nitrogens is 2. The molecule has 3 nitrogen and oxygen atoms in total. The molecule has 1 heterocycles. The summed E-state index contributed by atoms with van der Waals surface area (Å²) in [6.07, 6.45) is -2.86. The van der Waals surface area contributed by atoms with Crippen LogP contribution in [-0.4, -0.2) is 9.78 Å². The summed E-state index contributed by atoms with van der Waals surface area (Å²) in [6, 6.07) is 4.60. The number of anilines is 1. The largest absolute Gasteiger partial charge is 0.435 e. The van der Waals surface area contributed by atoms with Crippen molar-refractivity contribution in [1.29, 1.82) is 0 Å². The number of nitrogen functional groups attached to an aromatic ring is 1. The Morgan fingerprint density at radius 1 is 1.20 bits per heavy atom. The average molecular weight is 285 g/mol. The summed E-state index contributed by atoms with van der Waals surface area (Å²) in [5.74, 6) is -0.481. The molecule has 0 saturated heterocycles. The third-order valence-corrected chi connectivity index (χ3v) is 3.24. The smallest absolute Gasteiger partial charge is 0.397 e. The van der Waals surface area contributed by atoms with Crippen LogP contribution in [0, 0.1) is 5.82 Å². The van der Waals surface area contributed by atoms with Gasteiger partial charge in [-0.1, -0.05) is 0 Å². The highest BCUT2D eigenvalue weighted by molar-refractivity contribution is 5.58. The average Bonchev–Trinajstić information content (AvgIpc) is 3.08. The first-order valence-electron chi connectivity index (χ1n) is 6.09. The van der Waals surface area contributed by atoms with Gasteiger partial charge in [0.15, 0.2) is 5.69 Å². The van der Waals surface area contributed by atoms with E-state index < -0.39 is 17.7 Å². The van der Waals surface area contributed by atoms with E-state index in [-0.39, 0.29) is 17.3 Å². The van der Waals surface area contributed by atoms with Crippen LogP contribution in [0.25, 0.3) is 5.69 Å². The van der Waals surface area contributed by atoms with Gasteiger partial charge in [-0.15, -0.1) is 0 Å². The molecule has 0 atom stereocenters. The summed E-state index contributed by atoms with van der Waals surface area (Å²) in [7, 11) is 0. The fourth-order valence-corrected chi connectivity index (χ4v) is 2.12. The van der Waals surface area contributed by atoms with Crippen molar-refractivity contribution in [2.75, 3.05) is 5.73 Å². The molecule has 0 bridgehead atoms. The highest BCUT2D eigenvalue weighted by Gasteiger charge is 2.38. The van der Waals surface area contributed by atoms with Crippen LogP contribution in [0.4, 0.5) is 23.2 Å². The molecule has 7 heteroatoms. The lowest BCUT2D eigenvalue weighted by atomic mass is 10.2. The highest BCUT2D eigenvalue weighted by Crippen LogP contribution is 2.43. The lowest BCUT2D eigenvalue weighted by Gasteiger charge is -2.09. The number of hydrogen-bond acceptors (Lipinski definition) is 2. The fraction of sp³-hybridized carbons (Fsp3) is 0.308. The lowest BCUT2D eigenvalue weighted by Crippen LogP contribution is -2.09. The molecule has 1 aromatic heterocycles. The molecule has 1 fully saturated rings. The molecule has 106 valence electrons. The molecule has 2 aromatic rings. The zero-order valence-corrected chi connectivity index (χ0v) is 10.3. The van der Waals surface area contributed by atoms with Gasteiger partial charge < -0.3 is 5.73 Å². The third-order valence-electron chi connectivity index (χ3n) is 3.24. The third kappa shape index (κ3) is 2.23. The van der Waals surface area contributed by atoms with Crippen LogP contribution in [-0.2, 0) is 6.18 Å². The molecule has 0 spiro atoms. The predicted octanol–water partition coefficient (Wildman–Crippen LogP) is 3.49. The second-order valence-electron chi connectivity index (χ2n) is 4.84. The molecular formula is C13H11F4N3. The van der Waals surface area contributed by atoms with Gasteiger partial charge in [0, 0.05) is 11.6 Å². The predicted molar refractivity (Wildman–Crippen MR) is 64.9 cm³/mol. The zero-order chi connectivity index (χ0) is 14.5. The molecular weight excluding hydrogens is 274 g/mol. The minimum absolute atomic E-state index is 0.0584. The highest BCUT2D eigenvalue weighted by atomic mass is 19.4. The van der Waals surface area contributed by atoms with Crippen molar-refractivity contribution in [3.8, 4) is 5.69 Å². The van der Waals surface area contributed by atoms with Crippen LogP contribution in [0.15, 0.2) is 24.3 Å². The summed E-state index contributed by atoms with van der Waals surface area (Å²) < 4.78 is 52.6. The number of nitrogens with zero attached hydrogens (tertiary/aromatic N) is 2. The molecule has 1 saturated carbocycles. The van der Waals surface area contributed by atoms with E-state index in [9.17, 15) is 17.6 Å². The van der Waals surface area contributed by atoms with Gasteiger partial charge in [-0.25, -0.2) is 9.07 Å². The molecule has 3 rings (SSSR count). The molecule has 1 aliphatic rings. The van der Waals surface area contributed by atoms with Gasteiger partial charge in [-0.2, -0.15) is 18.3 Å². The van der Waals surface area contributed by atoms with Crippen LogP contribution < -0.4 is 5.73 Å². The molecule has 0 unspecified atom stereocenters. The second kappa shape index (κ2) is 4.22. The number of hydrogen-bond donors (Lipinski definition) is 1. The van der Waals surface area contributed by atoms with E-state index in [1.807, 2.05) is 0 Å². The summed E-state index contributed by atoms with van der Waals surface area (Å²) in [6.45, 7) is 0. The van der Waals surface area contributed by atoms with Gasteiger partial charge >= 0.3 is 6.18 Å². The van der Waals surface area contributed by atoms with E-state index in [2.05, 4.69) is 5.10 Å². The van der Waals surface area contributed by atoms with Gasteiger partial charge in [0.1, 0.15) is 5.82 Å². The Balaban J connectivity index is 2.14. The van der Waals surface area contributed by atoms with E-state index in [4.69, 9.17) is 5.73 Å². The molecule has 1 aliphatic carbocycles. The van der Waals surface area contributed by atoms with E-state index >= 15 is 0 Å². The van der Waals surface area contributed by atoms with Crippen molar-refractivity contribution >= 4 is 5.69 Å². The first-order valence-corrected chi connectivity index (χ1v) is 6.09. The standard InChI is InChI=1S/C13H11F4N3/c14-8-3-4-10(9(18)5-8)20-11(7-1-2-7)6-12(19-20)13(15,16)17/h3-7H,1-2,18H2. The van der Waals surface area contributed by atoms with Gasteiger partial charge in [0.25, 0.3) is 0 Å². The maximum atomic E-state index is 13.0. The Morgan fingerprint density at radius 2 is 1.90 bits per heavy atom. The van der Waals surface area contributed by atoms with Crippen molar-refractivity contribution in [3.63, 3.8) is 0 Å². The topological polar surface area (TPSA) is 43.8 Å². The van der Waals surface area contributed by atoms with E-state index in [0.717, 1.165) is 31.0 Å². The SMILES string of the molecule is Nc1cc(F)ccc1-n1nc(C(F)(F)F)cc1C1CC1. The minimum atomic E-state index is -4.51. The van der Waals surface area contributed by atoms with Crippen molar-refractivity contribution in [2.24, 2.45) is 0 Å². The van der Waals surface area contributed by atoms with Gasteiger partial charge in [-0.05, 0) is 37.1 Å². The van der Waals surface area contributed by atoms with Gasteiger partial charge in [0.2, 0.25) is 0 Å². The Bertz CT molecular complexity index is 656. The van der Waals surface area contributed by atoms with Crippen LogP contribution in [0.1, 0.15) is 30.1 Å². The zero-order valence-electron chi connectivity index (χ0n) is 10.3. The fourth-order valence-electron chi connectivity index (χ4n) is 2.12. The molecule has 0 radical (unpaired) electrons. The number of halogens is 4. The molecule has 20 heavy (non-hydrogen) atoms. The Kier molecular flexibility index (Phi) is 2.74. The number of rotatable bonds is 2. The van der Waals surface area contributed by atoms with Crippen molar-refractivity contribution in [1.82, 2.24) is 9.78 Å². The Morgan fingerprint density at radius 3 is 2.45 bits per heavy atom. The quantitative estimate of drug-likeness (QED) is 0.678. The van der Waals surface area contributed by atoms with Crippen molar-refractivity contribution in [3.05, 3.63) is 41.5 Å². The summed E-state index contributed by atoms with van der Waals surface area (Å²) >= 11 is 0. The Hall–Kier alpha value is -2.05. The summed E-state index contributed by atoms with van der Waals surface area (Å²) in [4.78, 5) is 0. The van der Waals surface area contributed by atoms with Crippen molar-refractivity contribution < 1.29 is 17.6 Å². The second-order valence-corrected chi connectivity index (χ2v) is 4.84. The van der Waals surface area contributed by atoms with Crippen LogP contribution >= 0.6 is 0 Å². The maximum absolute atomic E-state index is 13.0. The van der Waals surface area contributed by atoms with E-state index in [0.29, 0.717) is 5.69 Å². The van der Waals surface area contributed by atoms with Crippen LogP contribution in [0.5, 0.6) is 0 Å². The first-order chi connectivity index (χ1) is 9.36. The maximum Gasteiger partial charge on any atom is 0.435 e. The first kappa shape index (κ1) is 13.0. The van der Waals surface area contributed by atoms with Gasteiger partial charge in [-0.3, -0.25) is 0 Å². The molecule has 0 amide bonds. The van der Waals surface area contributed by atoms with E-state index in [1.54, 1.807) is 0 Å². The van der Waals surface area contributed by atoms with Gasteiger partial charge in [0.05, 0.1) is 11.4 Å². The summed E-state index contributed by atoms with van der Waals surface area (Å²) in [5.41, 5.74) is 5.52. The molecule has 1 aromatic carbocycles. The summed E-state index contributed by atoms with van der Waals surface area (Å²) in [5, 5.41) is 3.59. The Labute approximate surface area is 112 Å². The molecule has 2 N–H and O–H groups in total. The number of benzene rings is 1. The number of alkyl halides is 3. The normalized spacial score (nSPS) is 15.6. The van der Waals surface area contributed by atoms with Crippen LogP contribution in [0.3, 0.4) is 0 Å². The molecule has 0 aliphatic heterocycles. The minimum Gasteiger partial charge on any atom is -0.397 e. The lowest BCUT2D eigenvalue weighted by molar-refractivity contribution is -0.141. The van der Waals surface area contributed by atoms with E-state index in [1.165, 1.54) is 10.7 Å². The monoisotopic (exact) mass is 285 g/mol. The number of nitrogens with two attached hydrogens (primary N) is 1.